The van der Waals surface area contributed by atoms with Crippen molar-refractivity contribution in [2.75, 3.05) is 25.0 Å². The number of halogens is 1. The maximum Gasteiger partial charge on any atom is 0.242 e. The van der Waals surface area contributed by atoms with E-state index in [0.29, 0.717) is 6.04 Å². The number of piperidine rings is 1. The summed E-state index contributed by atoms with van der Waals surface area (Å²) in [4.78, 5) is 19.2. The van der Waals surface area contributed by atoms with E-state index in [1.165, 1.54) is 38.5 Å². The van der Waals surface area contributed by atoms with Crippen molar-refractivity contribution in [3.05, 3.63) is 30.3 Å². The number of anilines is 1. The van der Waals surface area contributed by atoms with Gasteiger partial charge in [0.25, 0.3) is 0 Å². The third kappa shape index (κ3) is 6.78. The number of hydrogen-bond acceptors (Lipinski definition) is 2. The molecule has 2 N–H and O–H groups in total. The molecule has 1 amide bonds. The van der Waals surface area contributed by atoms with Crippen molar-refractivity contribution in [2.45, 2.75) is 57.4 Å². The molecule has 6 heteroatoms. The standard InChI is InChI=1S/C20H30N4O.HI/c25-19(22-17-10-4-1-5-11-17)16-21-20(24-14-8-3-9-15-24)23-18-12-6-2-7-13-18;/h2,6-7,12-13,17H,1,3-5,8-11,14-16H2,(H,21,23)(H,22,25);1H. The topological polar surface area (TPSA) is 56.7 Å². The molecule has 1 heterocycles. The molecule has 0 unspecified atom stereocenters. The summed E-state index contributed by atoms with van der Waals surface area (Å²) in [6.07, 6.45) is 9.61. The van der Waals surface area contributed by atoms with Crippen LogP contribution in [0.1, 0.15) is 51.4 Å². The first-order chi connectivity index (χ1) is 12.3. The second-order valence-electron chi connectivity index (χ2n) is 7.08. The fraction of sp³-hybridized carbons (Fsp3) is 0.600. The highest BCUT2D eigenvalue weighted by molar-refractivity contribution is 14.0. The second kappa shape index (κ2) is 11.4. The largest absolute Gasteiger partial charge is 0.352 e. The fourth-order valence-corrected chi connectivity index (χ4v) is 3.64. The van der Waals surface area contributed by atoms with Crippen molar-refractivity contribution in [1.29, 1.82) is 0 Å². The Balaban J connectivity index is 0.00000243. The van der Waals surface area contributed by atoms with E-state index in [9.17, 15) is 4.79 Å². The average Bonchev–Trinajstić information content (AvgIpc) is 2.67. The number of nitrogens with zero attached hydrogens (tertiary/aromatic N) is 2. The Bertz CT molecular complexity index is 566. The number of amides is 1. The lowest BCUT2D eigenvalue weighted by Gasteiger charge is -2.30. The van der Waals surface area contributed by atoms with E-state index in [2.05, 4.69) is 20.5 Å². The van der Waals surface area contributed by atoms with E-state index in [1.807, 2.05) is 30.3 Å². The lowest BCUT2D eigenvalue weighted by Crippen LogP contribution is -2.42. The zero-order valence-electron chi connectivity index (χ0n) is 15.5. The molecule has 0 aromatic heterocycles. The van der Waals surface area contributed by atoms with E-state index < -0.39 is 0 Å². The molecule has 1 saturated heterocycles. The Kier molecular flexibility index (Phi) is 9.22. The predicted octanol–water partition coefficient (Wildman–Crippen LogP) is 4.01. The van der Waals surface area contributed by atoms with E-state index in [1.54, 1.807) is 0 Å². The number of carbonyl (C=O) groups is 1. The Morgan fingerprint density at radius 2 is 1.65 bits per heavy atom. The molecule has 5 nitrogen and oxygen atoms in total. The smallest absolute Gasteiger partial charge is 0.242 e. The number of hydrogen-bond donors (Lipinski definition) is 2. The monoisotopic (exact) mass is 470 g/mol. The van der Waals surface area contributed by atoms with Gasteiger partial charge in [0.05, 0.1) is 0 Å². The molecule has 1 aromatic carbocycles. The third-order valence-corrected chi connectivity index (χ3v) is 5.03. The molecule has 0 radical (unpaired) electrons. The van der Waals surface area contributed by atoms with Crippen LogP contribution in [0, 0.1) is 0 Å². The maximum absolute atomic E-state index is 12.3. The van der Waals surface area contributed by atoms with Gasteiger partial charge in [-0.1, -0.05) is 37.5 Å². The molecule has 1 aromatic rings. The van der Waals surface area contributed by atoms with Gasteiger partial charge >= 0.3 is 0 Å². The maximum atomic E-state index is 12.3. The summed E-state index contributed by atoms with van der Waals surface area (Å²) in [5.74, 6) is 0.862. The van der Waals surface area contributed by atoms with E-state index in [0.717, 1.165) is 37.6 Å². The number of guanidine groups is 1. The summed E-state index contributed by atoms with van der Waals surface area (Å²) in [5.41, 5.74) is 1.01. The van der Waals surface area contributed by atoms with Gasteiger partial charge in [-0.15, -0.1) is 24.0 Å². The van der Waals surface area contributed by atoms with Gasteiger partial charge in [0.2, 0.25) is 5.91 Å². The van der Waals surface area contributed by atoms with Gasteiger partial charge in [0.1, 0.15) is 6.54 Å². The SMILES string of the molecule is I.O=C(CN=C(Nc1ccccc1)N1CCCCC1)NC1CCCCC1. The Labute approximate surface area is 174 Å². The van der Waals surface area contributed by atoms with Gasteiger partial charge in [0, 0.05) is 24.8 Å². The van der Waals surface area contributed by atoms with Gasteiger partial charge in [-0.2, -0.15) is 0 Å². The van der Waals surface area contributed by atoms with Crippen LogP contribution < -0.4 is 10.6 Å². The summed E-state index contributed by atoms with van der Waals surface area (Å²) in [6.45, 7) is 2.20. The normalized spacial score (nSPS) is 18.8. The van der Waals surface area contributed by atoms with Crippen molar-refractivity contribution < 1.29 is 4.79 Å². The number of likely N-dealkylation sites (tertiary alicyclic amines) is 1. The van der Waals surface area contributed by atoms with Gasteiger partial charge in [0.15, 0.2) is 5.96 Å². The quantitative estimate of drug-likeness (QED) is 0.397. The van der Waals surface area contributed by atoms with Crippen molar-refractivity contribution >= 4 is 41.5 Å². The van der Waals surface area contributed by atoms with E-state index in [-0.39, 0.29) is 36.4 Å². The molecule has 2 fully saturated rings. The predicted molar refractivity (Wildman–Crippen MR) is 118 cm³/mol. The number of rotatable bonds is 4. The number of aliphatic imine (C=N–C) groups is 1. The third-order valence-electron chi connectivity index (χ3n) is 5.03. The minimum atomic E-state index is 0. The molecule has 0 spiro atoms. The van der Waals surface area contributed by atoms with Crippen molar-refractivity contribution in [3.63, 3.8) is 0 Å². The molecular formula is C20H31IN4O. The highest BCUT2D eigenvalue weighted by Gasteiger charge is 2.18. The van der Waals surface area contributed by atoms with Gasteiger partial charge < -0.3 is 15.5 Å². The van der Waals surface area contributed by atoms with Crippen molar-refractivity contribution in [2.24, 2.45) is 4.99 Å². The number of benzene rings is 1. The first-order valence-corrected chi connectivity index (χ1v) is 9.72. The number of nitrogens with one attached hydrogen (secondary N) is 2. The highest BCUT2D eigenvalue weighted by Crippen LogP contribution is 2.17. The molecule has 0 bridgehead atoms. The van der Waals surface area contributed by atoms with Crippen LogP contribution in [0.25, 0.3) is 0 Å². The Morgan fingerprint density at radius 1 is 1.00 bits per heavy atom. The van der Waals surface area contributed by atoms with Crippen LogP contribution >= 0.6 is 24.0 Å². The minimum Gasteiger partial charge on any atom is -0.352 e. The fourth-order valence-electron chi connectivity index (χ4n) is 3.64. The van der Waals surface area contributed by atoms with Crippen LogP contribution in [0.3, 0.4) is 0 Å². The lowest BCUT2D eigenvalue weighted by atomic mass is 9.95. The molecule has 0 atom stereocenters. The van der Waals surface area contributed by atoms with Crippen molar-refractivity contribution in [3.8, 4) is 0 Å². The second-order valence-corrected chi connectivity index (χ2v) is 7.08. The molecular weight excluding hydrogens is 439 g/mol. The first-order valence-electron chi connectivity index (χ1n) is 9.72. The molecule has 3 rings (SSSR count). The Hall–Kier alpha value is -1.31. The van der Waals surface area contributed by atoms with Gasteiger partial charge in [-0.3, -0.25) is 4.79 Å². The van der Waals surface area contributed by atoms with Crippen LogP contribution in [0.2, 0.25) is 0 Å². The summed E-state index contributed by atoms with van der Waals surface area (Å²) in [5, 5.41) is 6.55. The van der Waals surface area contributed by atoms with E-state index >= 15 is 0 Å². The molecule has 1 aliphatic carbocycles. The first kappa shape index (κ1) is 21.0. The summed E-state index contributed by atoms with van der Waals surface area (Å²) in [7, 11) is 0. The molecule has 1 aliphatic heterocycles. The van der Waals surface area contributed by atoms with Crippen LogP contribution in [-0.2, 0) is 4.79 Å². The van der Waals surface area contributed by atoms with Gasteiger partial charge in [-0.25, -0.2) is 4.99 Å². The average molecular weight is 470 g/mol. The van der Waals surface area contributed by atoms with Crippen LogP contribution in [-0.4, -0.2) is 42.4 Å². The van der Waals surface area contributed by atoms with Crippen LogP contribution in [0.15, 0.2) is 35.3 Å². The summed E-state index contributed by atoms with van der Waals surface area (Å²) >= 11 is 0. The molecule has 2 aliphatic rings. The molecule has 26 heavy (non-hydrogen) atoms. The zero-order valence-corrected chi connectivity index (χ0v) is 17.8. The molecule has 1 saturated carbocycles. The summed E-state index contributed by atoms with van der Waals surface area (Å²) in [6, 6.07) is 10.4. The number of para-hydroxylation sites is 1. The number of carbonyl (C=O) groups excluding carboxylic acids is 1. The van der Waals surface area contributed by atoms with E-state index in [4.69, 9.17) is 0 Å². The Morgan fingerprint density at radius 3 is 2.35 bits per heavy atom. The van der Waals surface area contributed by atoms with Gasteiger partial charge in [-0.05, 0) is 44.2 Å². The van der Waals surface area contributed by atoms with Crippen LogP contribution in [0.4, 0.5) is 5.69 Å². The summed E-state index contributed by atoms with van der Waals surface area (Å²) < 4.78 is 0. The van der Waals surface area contributed by atoms with Crippen LogP contribution in [0.5, 0.6) is 0 Å². The zero-order chi connectivity index (χ0) is 17.3. The molecule has 144 valence electrons. The minimum absolute atomic E-state index is 0. The lowest BCUT2D eigenvalue weighted by molar-refractivity contribution is -0.120. The highest BCUT2D eigenvalue weighted by atomic mass is 127. The van der Waals surface area contributed by atoms with Crippen molar-refractivity contribution in [1.82, 2.24) is 10.2 Å².